The van der Waals surface area contributed by atoms with Crippen molar-refractivity contribution in [3.8, 4) is 0 Å². The van der Waals surface area contributed by atoms with Crippen molar-refractivity contribution in [3.63, 3.8) is 0 Å². The van der Waals surface area contributed by atoms with Crippen LogP contribution >= 0.6 is 0 Å². The lowest BCUT2D eigenvalue weighted by Crippen LogP contribution is -2.49. The Hall–Kier alpha value is -2.35. The van der Waals surface area contributed by atoms with E-state index in [2.05, 4.69) is 31.2 Å². The zero-order chi connectivity index (χ0) is 21.2. The van der Waals surface area contributed by atoms with Crippen LogP contribution in [0.1, 0.15) is 47.2 Å². The van der Waals surface area contributed by atoms with Crippen molar-refractivity contribution in [2.75, 3.05) is 26.2 Å². The molecule has 1 heterocycles. The van der Waals surface area contributed by atoms with Gasteiger partial charge in [-0.2, -0.15) is 0 Å². The first-order valence-corrected chi connectivity index (χ1v) is 9.69. The van der Waals surface area contributed by atoms with Gasteiger partial charge in [0.25, 0.3) is 0 Å². The Kier molecular flexibility index (Phi) is 9.18. The van der Waals surface area contributed by atoms with Gasteiger partial charge in [-0.15, -0.1) is 0 Å². The molecule has 1 rings (SSSR count). The van der Waals surface area contributed by atoms with Gasteiger partial charge in [-0.05, 0) is 53.7 Å². The highest BCUT2D eigenvalue weighted by atomic mass is 16.2. The number of hydrogen-bond acceptors (Lipinski definition) is 4. The molecule has 1 aromatic heterocycles. The van der Waals surface area contributed by atoms with Crippen LogP contribution in [0.4, 0.5) is 9.59 Å². The average Bonchev–Trinajstić information content (AvgIpc) is 2.52. The minimum absolute atomic E-state index is 0.187. The van der Waals surface area contributed by atoms with Gasteiger partial charge in [0.15, 0.2) is 0 Å². The summed E-state index contributed by atoms with van der Waals surface area (Å²) in [5.41, 5.74) is 0.394. The number of nitrogens with zero attached hydrogens (tertiary/aromatic N) is 2. The molecular weight excluding hydrogens is 356 g/mol. The predicted octanol–water partition coefficient (Wildman–Crippen LogP) is 2.08. The van der Waals surface area contributed by atoms with Crippen LogP contribution in [0.15, 0.2) is 24.4 Å². The average molecular weight is 393 g/mol. The smallest absolute Gasteiger partial charge is 0.315 e. The van der Waals surface area contributed by atoms with E-state index in [0.717, 1.165) is 5.69 Å². The predicted molar refractivity (Wildman–Crippen MR) is 112 cm³/mol. The van der Waals surface area contributed by atoms with Gasteiger partial charge in [-0.1, -0.05) is 6.07 Å². The van der Waals surface area contributed by atoms with Gasteiger partial charge in [-0.3, -0.25) is 9.88 Å². The lowest BCUT2D eigenvalue weighted by molar-refractivity contribution is 0.221. The number of nitrogens with one attached hydrogen (secondary N) is 4. The maximum Gasteiger partial charge on any atom is 0.315 e. The molecular formula is C20H36N6O2. The molecule has 0 aliphatic heterocycles. The summed E-state index contributed by atoms with van der Waals surface area (Å²) in [6.07, 6.45) is 1.76. The van der Waals surface area contributed by atoms with E-state index in [4.69, 9.17) is 0 Å². The molecule has 0 aliphatic carbocycles. The third kappa shape index (κ3) is 12.1. The van der Waals surface area contributed by atoms with E-state index < -0.39 is 0 Å². The van der Waals surface area contributed by atoms with Crippen LogP contribution in [-0.4, -0.2) is 59.2 Å². The molecule has 8 nitrogen and oxygen atoms in total. The Morgan fingerprint density at radius 3 is 1.79 bits per heavy atom. The van der Waals surface area contributed by atoms with E-state index in [-0.39, 0.29) is 23.1 Å². The normalized spacial score (nSPS) is 11.8. The van der Waals surface area contributed by atoms with Crippen LogP contribution < -0.4 is 21.3 Å². The number of carbonyl (C=O) groups excluding carboxylic acids is 2. The third-order valence-corrected chi connectivity index (χ3v) is 3.52. The zero-order valence-electron chi connectivity index (χ0n) is 18.1. The Balaban J connectivity index is 2.50. The molecule has 28 heavy (non-hydrogen) atoms. The quantitative estimate of drug-likeness (QED) is 0.544. The van der Waals surface area contributed by atoms with Crippen molar-refractivity contribution in [2.45, 2.75) is 59.2 Å². The second-order valence-electron chi connectivity index (χ2n) is 8.86. The zero-order valence-corrected chi connectivity index (χ0v) is 18.1. The van der Waals surface area contributed by atoms with Crippen LogP contribution in [0.5, 0.6) is 0 Å². The second-order valence-corrected chi connectivity index (χ2v) is 8.86. The molecule has 0 fully saturated rings. The molecule has 0 radical (unpaired) electrons. The van der Waals surface area contributed by atoms with Crippen LogP contribution in [0, 0.1) is 0 Å². The summed E-state index contributed by atoms with van der Waals surface area (Å²) in [6, 6.07) is 5.42. The number of aromatic nitrogens is 1. The van der Waals surface area contributed by atoms with Crippen LogP contribution in [-0.2, 0) is 6.54 Å². The molecule has 0 bridgehead atoms. The highest BCUT2D eigenvalue weighted by Crippen LogP contribution is 2.01. The SMILES string of the molecule is CC(C)(C)NC(=O)NCCN(CCNC(=O)NC(C)(C)C)Cc1ccccn1. The second kappa shape index (κ2) is 10.8. The lowest BCUT2D eigenvalue weighted by atomic mass is 10.1. The fourth-order valence-corrected chi connectivity index (χ4v) is 2.42. The summed E-state index contributed by atoms with van der Waals surface area (Å²) >= 11 is 0. The fourth-order valence-electron chi connectivity index (χ4n) is 2.42. The summed E-state index contributed by atoms with van der Waals surface area (Å²) in [4.78, 5) is 30.3. The first kappa shape index (κ1) is 23.7. The third-order valence-electron chi connectivity index (χ3n) is 3.52. The van der Waals surface area contributed by atoms with Crippen molar-refractivity contribution < 1.29 is 9.59 Å². The van der Waals surface area contributed by atoms with Gasteiger partial charge in [0.05, 0.1) is 5.69 Å². The monoisotopic (exact) mass is 392 g/mol. The Morgan fingerprint density at radius 1 is 0.893 bits per heavy atom. The highest BCUT2D eigenvalue weighted by molar-refractivity contribution is 5.75. The number of carbonyl (C=O) groups is 2. The topological polar surface area (TPSA) is 98.4 Å². The number of urea groups is 2. The number of pyridine rings is 1. The number of amides is 4. The summed E-state index contributed by atoms with van der Waals surface area (Å²) in [5, 5.41) is 11.5. The molecule has 0 spiro atoms. The summed E-state index contributed by atoms with van der Waals surface area (Å²) < 4.78 is 0. The van der Waals surface area contributed by atoms with Gasteiger partial charge in [0.2, 0.25) is 0 Å². The Morgan fingerprint density at radius 2 is 1.39 bits per heavy atom. The van der Waals surface area contributed by atoms with E-state index >= 15 is 0 Å². The van der Waals surface area contributed by atoms with Crippen molar-refractivity contribution in [2.24, 2.45) is 0 Å². The van der Waals surface area contributed by atoms with Gasteiger partial charge < -0.3 is 21.3 Å². The van der Waals surface area contributed by atoms with E-state index in [1.54, 1.807) is 6.20 Å². The minimum atomic E-state index is -0.276. The van der Waals surface area contributed by atoms with Crippen molar-refractivity contribution in [1.29, 1.82) is 0 Å². The summed E-state index contributed by atoms with van der Waals surface area (Å²) in [5.74, 6) is 0. The molecule has 0 aliphatic rings. The van der Waals surface area contributed by atoms with E-state index in [0.29, 0.717) is 32.7 Å². The molecule has 8 heteroatoms. The highest BCUT2D eigenvalue weighted by Gasteiger charge is 2.15. The molecule has 1 aromatic rings. The molecule has 0 atom stereocenters. The number of rotatable bonds is 8. The van der Waals surface area contributed by atoms with E-state index in [1.807, 2.05) is 59.7 Å². The maximum absolute atomic E-state index is 11.9. The van der Waals surface area contributed by atoms with Crippen molar-refractivity contribution >= 4 is 12.1 Å². The lowest BCUT2D eigenvalue weighted by Gasteiger charge is -2.25. The molecule has 0 saturated carbocycles. The van der Waals surface area contributed by atoms with Crippen LogP contribution in [0.3, 0.4) is 0 Å². The molecule has 4 amide bonds. The first-order valence-electron chi connectivity index (χ1n) is 9.69. The van der Waals surface area contributed by atoms with Crippen molar-refractivity contribution in [1.82, 2.24) is 31.2 Å². The van der Waals surface area contributed by atoms with Gasteiger partial charge in [-0.25, -0.2) is 9.59 Å². The van der Waals surface area contributed by atoms with Crippen LogP contribution in [0.25, 0.3) is 0 Å². The van der Waals surface area contributed by atoms with Gasteiger partial charge in [0.1, 0.15) is 0 Å². The fraction of sp³-hybridized carbons (Fsp3) is 0.650. The minimum Gasteiger partial charge on any atom is -0.337 e. The summed E-state index contributed by atoms with van der Waals surface area (Å²) in [7, 11) is 0. The van der Waals surface area contributed by atoms with E-state index in [9.17, 15) is 9.59 Å². The van der Waals surface area contributed by atoms with Gasteiger partial charge in [0, 0.05) is 50.0 Å². The standard InChI is InChI=1S/C20H36N6O2/c1-19(2,3)24-17(27)22-11-13-26(15-16-9-7-8-10-21-16)14-12-23-18(28)25-20(4,5)6/h7-10H,11-15H2,1-6H3,(H2,22,24,27)(H2,23,25,28). The van der Waals surface area contributed by atoms with Crippen molar-refractivity contribution in [3.05, 3.63) is 30.1 Å². The molecule has 158 valence electrons. The molecule has 0 saturated heterocycles. The van der Waals surface area contributed by atoms with Gasteiger partial charge >= 0.3 is 12.1 Å². The largest absolute Gasteiger partial charge is 0.337 e. The Bertz CT molecular complexity index is 573. The molecule has 0 unspecified atom stereocenters. The van der Waals surface area contributed by atoms with Crippen LogP contribution in [0.2, 0.25) is 0 Å². The molecule has 0 aromatic carbocycles. The first-order chi connectivity index (χ1) is 12.9. The molecule has 4 N–H and O–H groups in total. The number of hydrogen-bond donors (Lipinski definition) is 4. The maximum atomic E-state index is 11.9. The van der Waals surface area contributed by atoms with E-state index in [1.165, 1.54) is 0 Å². The Labute approximate surface area is 168 Å². The summed E-state index contributed by atoms with van der Waals surface area (Å²) in [6.45, 7) is 14.6.